The smallest absolute Gasteiger partial charge is 0.410 e. The van der Waals surface area contributed by atoms with Gasteiger partial charge in [0.15, 0.2) is 11.5 Å². The summed E-state index contributed by atoms with van der Waals surface area (Å²) in [5, 5.41) is 9.95. The number of hydrogen-bond donors (Lipinski definition) is 2. The van der Waals surface area contributed by atoms with Crippen LogP contribution in [-0.2, 0) is 16.0 Å². The quantitative estimate of drug-likeness (QED) is 0.606. The molecule has 2 N–H and O–H groups in total. The van der Waals surface area contributed by atoms with Crippen LogP contribution in [0.15, 0.2) is 42.5 Å². The molecule has 2 aromatic carbocycles. The fourth-order valence-corrected chi connectivity index (χ4v) is 4.33. The highest BCUT2D eigenvalue weighted by Crippen LogP contribution is 2.42. The van der Waals surface area contributed by atoms with Crippen molar-refractivity contribution in [3.63, 3.8) is 0 Å². The van der Waals surface area contributed by atoms with Crippen LogP contribution >= 0.6 is 0 Å². The first kappa shape index (κ1) is 19.3. The van der Waals surface area contributed by atoms with Gasteiger partial charge in [0.05, 0.1) is 6.61 Å². The number of carboxylic acids is 1. The van der Waals surface area contributed by atoms with Crippen molar-refractivity contribution in [1.29, 1.82) is 0 Å². The first-order chi connectivity index (χ1) is 15.1. The van der Waals surface area contributed by atoms with Gasteiger partial charge in [-0.1, -0.05) is 24.3 Å². The van der Waals surface area contributed by atoms with E-state index in [0.717, 1.165) is 22.2 Å². The molecule has 2 aliphatic rings. The van der Waals surface area contributed by atoms with Gasteiger partial charge in [-0.2, -0.15) is 0 Å². The molecule has 160 valence electrons. The Morgan fingerprint density at radius 2 is 2.00 bits per heavy atom. The fraction of sp³-hybridized carbons (Fsp3) is 0.304. The first-order valence-corrected chi connectivity index (χ1v) is 10.3. The summed E-state index contributed by atoms with van der Waals surface area (Å²) in [5.41, 5.74) is 4.05. The van der Waals surface area contributed by atoms with Crippen molar-refractivity contribution in [2.45, 2.75) is 25.3 Å². The SMILES string of the molecule is O=C(O)CCCOC(=O)N1CCc2c([nH]c3ccccc23)C1c1ccc2c(c1)OCO2. The van der Waals surface area contributed by atoms with E-state index < -0.39 is 12.1 Å². The largest absolute Gasteiger partial charge is 0.481 e. The molecule has 1 aromatic heterocycles. The Bertz CT molecular complexity index is 1150. The normalized spacial score (nSPS) is 16.9. The molecule has 3 heterocycles. The standard InChI is InChI=1S/C23H22N2O6/c26-20(27)6-3-11-29-23(28)25-10-9-16-15-4-1-2-5-17(15)24-21(16)22(25)14-7-8-18-19(12-14)31-13-30-18/h1-2,4-5,7-8,12,22,24H,3,6,9-11,13H2,(H,26,27). The number of fused-ring (bicyclic) bond motifs is 4. The number of aromatic amines is 1. The van der Waals surface area contributed by atoms with Crippen LogP contribution in [0.2, 0.25) is 0 Å². The number of para-hydroxylation sites is 1. The van der Waals surface area contributed by atoms with Crippen LogP contribution < -0.4 is 9.47 Å². The molecule has 1 amide bonds. The average molecular weight is 422 g/mol. The summed E-state index contributed by atoms with van der Waals surface area (Å²) in [6, 6.07) is 13.4. The predicted octanol–water partition coefficient (Wildman–Crippen LogP) is 3.85. The molecule has 1 atom stereocenters. The molecule has 0 radical (unpaired) electrons. The number of hydrogen-bond acceptors (Lipinski definition) is 5. The summed E-state index contributed by atoms with van der Waals surface area (Å²) < 4.78 is 16.4. The Hall–Kier alpha value is -3.68. The number of carbonyl (C=O) groups is 2. The third-order valence-corrected chi connectivity index (χ3v) is 5.74. The van der Waals surface area contributed by atoms with Gasteiger partial charge in [-0.3, -0.25) is 9.69 Å². The number of H-pyrrole nitrogens is 1. The van der Waals surface area contributed by atoms with E-state index in [-0.39, 0.29) is 32.3 Å². The second-order valence-corrected chi connectivity index (χ2v) is 7.63. The maximum absolute atomic E-state index is 13.0. The molecule has 2 aliphatic heterocycles. The second-order valence-electron chi connectivity index (χ2n) is 7.63. The van der Waals surface area contributed by atoms with Crippen molar-refractivity contribution in [1.82, 2.24) is 9.88 Å². The maximum atomic E-state index is 13.0. The molecule has 0 fully saturated rings. The lowest BCUT2D eigenvalue weighted by Crippen LogP contribution is -2.41. The van der Waals surface area contributed by atoms with Gasteiger partial charge in [0, 0.05) is 29.6 Å². The summed E-state index contributed by atoms with van der Waals surface area (Å²) in [6.07, 6.45) is 0.481. The molecule has 0 saturated heterocycles. The number of aliphatic carboxylic acids is 1. The summed E-state index contributed by atoms with van der Waals surface area (Å²) in [4.78, 5) is 28.9. The van der Waals surface area contributed by atoms with Crippen LogP contribution in [0.3, 0.4) is 0 Å². The Morgan fingerprint density at radius 1 is 1.16 bits per heavy atom. The number of nitrogens with zero attached hydrogens (tertiary/aromatic N) is 1. The Balaban J connectivity index is 1.50. The highest BCUT2D eigenvalue weighted by atomic mass is 16.7. The number of rotatable bonds is 5. The van der Waals surface area contributed by atoms with E-state index in [9.17, 15) is 9.59 Å². The fourth-order valence-electron chi connectivity index (χ4n) is 4.33. The Morgan fingerprint density at radius 3 is 2.87 bits per heavy atom. The van der Waals surface area contributed by atoms with Gasteiger partial charge < -0.3 is 24.3 Å². The lowest BCUT2D eigenvalue weighted by Gasteiger charge is -2.35. The third-order valence-electron chi connectivity index (χ3n) is 5.74. The van der Waals surface area contributed by atoms with Crippen molar-refractivity contribution in [3.8, 4) is 11.5 Å². The number of ether oxygens (including phenoxy) is 3. The molecule has 0 bridgehead atoms. The summed E-state index contributed by atoms with van der Waals surface area (Å²) in [6.45, 7) is 0.733. The summed E-state index contributed by atoms with van der Waals surface area (Å²) >= 11 is 0. The Kier molecular flexibility index (Phi) is 4.89. The van der Waals surface area contributed by atoms with Crippen molar-refractivity contribution in [2.75, 3.05) is 19.9 Å². The van der Waals surface area contributed by atoms with Gasteiger partial charge in [0.25, 0.3) is 0 Å². The lowest BCUT2D eigenvalue weighted by molar-refractivity contribution is -0.137. The highest BCUT2D eigenvalue weighted by molar-refractivity contribution is 5.86. The van der Waals surface area contributed by atoms with Crippen LogP contribution in [0.4, 0.5) is 4.79 Å². The van der Waals surface area contributed by atoms with E-state index in [2.05, 4.69) is 11.1 Å². The van der Waals surface area contributed by atoms with Gasteiger partial charge in [-0.05, 0) is 42.2 Å². The van der Waals surface area contributed by atoms with E-state index in [0.29, 0.717) is 24.5 Å². The van der Waals surface area contributed by atoms with Gasteiger partial charge >= 0.3 is 12.1 Å². The lowest BCUT2D eigenvalue weighted by atomic mass is 9.92. The van der Waals surface area contributed by atoms with Crippen molar-refractivity contribution in [3.05, 3.63) is 59.3 Å². The van der Waals surface area contributed by atoms with E-state index in [1.165, 1.54) is 5.56 Å². The predicted molar refractivity (Wildman–Crippen MR) is 111 cm³/mol. The van der Waals surface area contributed by atoms with E-state index in [4.69, 9.17) is 19.3 Å². The topological polar surface area (TPSA) is 101 Å². The van der Waals surface area contributed by atoms with Crippen LogP contribution in [0.1, 0.15) is 35.7 Å². The highest BCUT2D eigenvalue weighted by Gasteiger charge is 2.36. The molecule has 5 rings (SSSR count). The molecule has 8 heteroatoms. The maximum Gasteiger partial charge on any atom is 0.410 e. The van der Waals surface area contributed by atoms with Crippen LogP contribution in [0.25, 0.3) is 10.9 Å². The molecular weight excluding hydrogens is 400 g/mol. The zero-order chi connectivity index (χ0) is 21.4. The number of benzene rings is 2. The number of amides is 1. The van der Waals surface area contributed by atoms with Crippen molar-refractivity contribution < 1.29 is 28.9 Å². The number of aromatic nitrogens is 1. The van der Waals surface area contributed by atoms with Gasteiger partial charge in [0.1, 0.15) is 6.04 Å². The van der Waals surface area contributed by atoms with Gasteiger partial charge in [-0.25, -0.2) is 4.79 Å². The van der Waals surface area contributed by atoms with Crippen LogP contribution in [-0.4, -0.2) is 47.0 Å². The van der Waals surface area contributed by atoms with Gasteiger partial charge in [0.2, 0.25) is 6.79 Å². The molecular formula is C23H22N2O6. The van der Waals surface area contributed by atoms with Crippen molar-refractivity contribution in [2.24, 2.45) is 0 Å². The minimum Gasteiger partial charge on any atom is -0.481 e. The summed E-state index contributed by atoms with van der Waals surface area (Å²) in [5.74, 6) is 0.421. The number of carbonyl (C=O) groups excluding carboxylic acids is 1. The van der Waals surface area contributed by atoms with E-state index >= 15 is 0 Å². The molecule has 0 spiro atoms. The van der Waals surface area contributed by atoms with E-state index in [1.54, 1.807) is 4.90 Å². The zero-order valence-corrected chi connectivity index (χ0v) is 16.8. The Labute approximate surface area is 178 Å². The number of nitrogens with one attached hydrogen (secondary N) is 1. The third kappa shape index (κ3) is 3.54. The number of carboxylic acid groups (broad SMARTS) is 1. The van der Waals surface area contributed by atoms with Crippen LogP contribution in [0, 0.1) is 0 Å². The molecule has 8 nitrogen and oxygen atoms in total. The minimum atomic E-state index is -0.907. The average Bonchev–Trinajstić information content (AvgIpc) is 3.39. The van der Waals surface area contributed by atoms with E-state index in [1.807, 2.05) is 36.4 Å². The molecule has 31 heavy (non-hydrogen) atoms. The molecule has 0 saturated carbocycles. The van der Waals surface area contributed by atoms with Crippen LogP contribution in [0.5, 0.6) is 11.5 Å². The second kappa shape index (κ2) is 7.86. The monoisotopic (exact) mass is 422 g/mol. The van der Waals surface area contributed by atoms with Crippen molar-refractivity contribution >= 4 is 23.0 Å². The zero-order valence-electron chi connectivity index (χ0n) is 16.8. The molecule has 1 unspecified atom stereocenters. The van der Waals surface area contributed by atoms with Gasteiger partial charge in [-0.15, -0.1) is 0 Å². The first-order valence-electron chi connectivity index (χ1n) is 10.3. The summed E-state index contributed by atoms with van der Waals surface area (Å²) in [7, 11) is 0. The molecule has 0 aliphatic carbocycles. The minimum absolute atomic E-state index is 0.0367. The molecule has 3 aromatic rings.